The molecule has 1 aromatic heterocycles. The molecule has 0 amide bonds. The molecule has 1 fully saturated rings. The number of rotatable bonds is 2. The SMILES string of the molecule is OCC1CCCn2c1cnc2C1CC1. The summed E-state index contributed by atoms with van der Waals surface area (Å²) in [5.74, 6) is 2.34. The van der Waals surface area contributed by atoms with Gasteiger partial charge in [0.05, 0.1) is 6.61 Å². The van der Waals surface area contributed by atoms with Gasteiger partial charge in [-0.15, -0.1) is 0 Å². The van der Waals surface area contributed by atoms with E-state index in [1.165, 1.54) is 30.8 Å². The van der Waals surface area contributed by atoms with Crippen molar-refractivity contribution in [2.75, 3.05) is 6.61 Å². The van der Waals surface area contributed by atoms with Crippen LogP contribution in [0.3, 0.4) is 0 Å². The minimum Gasteiger partial charge on any atom is -0.396 e. The van der Waals surface area contributed by atoms with E-state index in [0.717, 1.165) is 18.9 Å². The smallest absolute Gasteiger partial charge is 0.111 e. The van der Waals surface area contributed by atoms with Gasteiger partial charge in [0.2, 0.25) is 0 Å². The topological polar surface area (TPSA) is 38.0 Å². The van der Waals surface area contributed by atoms with Crippen LogP contribution in [0.2, 0.25) is 0 Å². The molecule has 2 aliphatic rings. The van der Waals surface area contributed by atoms with E-state index in [4.69, 9.17) is 0 Å². The lowest BCUT2D eigenvalue weighted by Gasteiger charge is -2.23. The number of aromatic nitrogens is 2. The molecule has 3 heteroatoms. The zero-order valence-corrected chi connectivity index (χ0v) is 8.32. The van der Waals surface area contributed by atoms with E-state index in [2.05, 4.69) is 9.55 Å². The lowest BCUT2D eigenvalue weighted by atomic mass is 9.97. The third-order valence-corrected chi connectivity index (χ3v) is 3.43. The fraction of sp³-hybridized carbons (Fsp3) is 0.727. The molecule has 3 nitrogen and oxygen atoms in total. The first-order chi connectivity index (χ1) is 6.90. The van der Waals surface area contributed by atoms with Gasteiger partial charge in [0, 0.05) is 30.3 Å². The first-order valence-corrected chi connectivity index (χ1v) is 5.56. The van der Waals surface area contributed by atoms with Crippen LogP contribution in [0.4, 0.5) is 0 Å². The second-order valence-electron chi connectivity index (χ2n) is 4.49. The predicted molar refractivity (Wildman–Crippen MR) is 53.3 cm³/mol. The van der Waals surface area contributed by atoms with Crippen molar-refractivity contribution >= 4 is 0 Å². The van der Waals surface area contributed by atoms with Crippen molar-refractivity contribution in [3.05, 3.63) is 17.7 Å². The second kappa shape index (κ2) is 3.09. The summed E-state index contributed by atoms with van der Waals surface area (Å²) in [6.07, 6.45) is 6.90. The van der Waals surface area contributed by atoms with E-state index in [9.17, 15) is 5.11 Å². The Kier molecular flexibility index (Phi) is 1.87. The highest BCUT2D eigenvalue weighted by Gasteiger charge is 2.31. The van der Waals surface area contributed by atoms with Crippen LogP contribution in [0.1, 0.15) is 49.0 Å². The Morgan fingerprint density at radius 1 is 1.43 bits per heavy atom. The minimum absolute atomic E-state index is 0.274. The molecule has 3 rings (SSSR count). The third-order valence-electron chi connectivity index (χ3n) is 3.43. The predicted octanol–water partition coefficient (Wildman–Crippen LogP) is 1.63. The number of imidazole rings is 1. The molecule has 0 saturated heterocycles. The highest BCUT2D eigenvalue weighted by atomic mass is 16.3. The fourth-order valence-corrected chi connectivity index (χ4v) is 2.47. The van der Waals surface area contributed by atoms with Gasteiger partial charge in [0.1, 0.15) is 5.82 Å². The summed E-state index contributed by atoms with van der Waals surface area (Å²) in [4.78, 5) is 4.51. The minimum atomic E-state index is 0.274. The summed E-state index contributed by atoms with van der Waals surface area (Å²) in [5.41, 5.74) is 1.26. The van der Waals surface area contributed by atoms with Crippen LogP contribution in [0, 0.1) is 0 Å². The highest BCUT2D eigenvalue weighted by Crippen LogP contribution is 2.41. The van der Waals surface area contributed by atoms with E-state index in [1.54, 1.807) is 0 Å². The Labute approximate surface area is 83.8 Å². The van der Waals surface area contributed by atoms with E-state index < -0.39 is 0 Å². The normalized spacial score (nSPS) is 26.2. The van der Waals surface area contributed by atoms with Crippen LogP contribution in [0.25, 0.3) is 0 Å². The average molecular weight is 192 g/mol. The maximum Gasteiger partial charge on any atom is 0.111 e. The molecule has 1 atom stereocenters. The van der Waals surface area contributed by atoms with Crippen LogP contribution >= 0.6 is 0 Å². The molecule has 0 radical (unpaired) electrons. The Morgan fingerprint density at radius 3 is 3.00 bits per heavy atom. The summed E-state index contributed by atoms with van der Waals surface area (Å²) >= 11 is 0. The number of hydrogen-bond acceptors (Lipinski definition) is 2. The largest absolute Gasteiger partial charge is 0.396 e. The van der Waals surface area contributed by atoms with Gasteiger partial charge in [-0.3, -0.25) is 0 Å². The number of hydrogen-bond donors (Lipinski definition) is 1. The molecule has 0 bridgehead atoms. The van der Waals surface area contributed by atoms with Gasteiger partial charge >= 0.3 is 0 Å². The standard InChI is InChI=1S/C11H16N2O/c14-7-9-2-1-5-13-10(9)6-12-11(13)8-3-4-8/h6,8-9,14H,1-5,7H2. The highest BCUT2D eigenvalue weighted by molar-refractivity contribution is 5.18. The zero-order valence-electron chi connectivity index (χ0n) is 8.32. The molecule has 0 spiro atoms. The summed E-state index contributed by atoms with van der Waals surface area (Å²) in [6.45, 7) is 1.38. The van der Waals surface area contributed by atoms with Gasteiger partial charge in [-0.1, -0.05) is 0 Å². The quantitative estimate of drug-likeness (QED) is 0.773. The third kappa shape index (κ3) is 1.19. The lowest BCUT2D eigenvalue weighted by Crippen LogP contribution is -2.19. The van der Waals surface area contributed by atoms with Gasteiger partial charge in [-0.2, -0.15) is 0 Å². The first kappa shape index (κ1) is 8.48. The maximum absolute atomic E-state index is 9.26. The molecule has 2 heterocycles. The maximum atomic E-state index is 9.26. The van der Waals surface area contributed by atoms with Crippen molar-refractivity contribution in [2.24, 2.45) is 0 Å². The van der Waals surface area contributed by atoms with Gasteiger partial charge in [0.15, 0.2) is 0 Å². The van der Waals surface area contributed by atoms with Crippen LogP contribution in [0.15, 0.2) is 6.20 Å². The summed E-state index contributed by atoms with van der Waals surface area (Å²) < 4.78 is 2.35. The number of nitrogens with zero attached hydrogens (tertiary/aromatic N) is 2. The van der Waals surface area contributed by atoms with E-state index in [1.807, 2.05) is 6.20 Å². The molecular weight excluding hydrogens is 176 g/mol. The van der Waals surface area contributed by atoms with Crippen molar-refractivity contribution in [1.29, 1.82) is 0 Å². The van der Waals surface area contributed by atoms with Crippen molar-refractivity contribution in [3.8, 4) is 0 Å². The van der Waals surface area contributed by atoms with E-state index >= 15 is 0 Å². The van der Waals surface area contributed by atoms with Crippen molar-refractivity contribution < 1.29 is 5.11 Å². The summed E-state index contributed by atoms with van der Waals surface area (Å²) in [7, 11) is 0. The number of fused-ring (bicyclic) bond motifs is 1. The molecule has 14 heavy (non-hydrogen) atoms. The molecule has 1 unspecified atom stereocenters. The monoisotopic (exact) mass is 192 g/mol. The molecule has 1 aromatic rings. The van der Waals surface area contributed by atoms with Crippen LogP contribution in [-0.4, -0.2) is 21.3 Å². The molecule has 76 valence electrons. The molecule has 1 saturated carbocycles. The number of aliphatic hydroxyl groups excluding tert-OH is 1. The van der Waals surface area contributed by atoms with E-state index in [0.29, 0.717) is 5.92 Å². The average Bonchev–Trinajstić information content (AvgIpc) is 2.97. The summed E-state index contributed by atoms with van der Waals surface area (Å²) in [6, 6.07) is 0. The zero-order chi connectivity index (χ0) is 9.54. The lowest BCUT2D eigenvalue weighted by molar-refractivity contribution is 0.240. The van der Waals surface area contributed by atoms with Crippen molar-refractivity contribution in [2.45, 2.75) is 44.1 Å². The van der Waals surface area contributed by atoms with Gasteiger partial charge in [0.25, 0.3) is 0 Å². The van der Waals surface area contributed by atoms with Crippen LogP contribution < -0.4 is 0 Å². The fourth-order valence-electron chi connectivity index (χ4n) is 2.47. The molecule has 1 aliphatic heterocycles. The molecular formula is C11H16N2O. The van der Waals surface area contributed by atoms with Crippen LogP contribution in [0.5, 0.6) is 0 Å². The van der Waals surface area contributed by atoms with Gasteiger partial charge in [-0.05, 0) is 25.7 Å². The summed E-state index contributed by atoms with van der Waals surface area (Å²) in [5, 5.41) is 9.26. The van der Waals surface area contributed by atoms with Crippen LogP contribution in [-0.2, 0) is 6.54 Å². The van der Waals surface area contributed by atoms with Gasteiger partial charge < -0.3 is 9.67 Å². The Balaban J connectivity index is 1.99. The first-order valence-electron chi connectivity index (χ1n) is 5.56. The molecule has 1 aliphatic carbocycles. The Hall–Kier alpha value is -0.830. The van der Waals surface area contributed by atoms with Crippen molar-refractivity contribution in [1.82, 2.24) is 9.55 Å². The molecule has 1 N–H and O–H groups in total. The van der Waals surface area contributed by atoms with Gasteiger partial charge in [-0.25, -0.2) is 4.98 Å². The second-order valence-corrected chi connectivity index (χ2v) is 4.49. The Morgan fingerprint density at radius 2 is 2.29 bits per heavy atom. The Bertz CT molecular complexity index is 341. The number of aliphatic hydroxyl groups is 1. The molecule has 0 aromatic carbocycles. The van der Waals surface area contributed by atoms with E-state index in [-0.39, 0.29) is 6.61 Å². The van der Waals surface area contributed by atoms with Crippen molar-refractivity contribution in [3.63, 3.8) is 0 Å².